The van der Waals surface area contributed by atoms with Crippen LogP contribution in [0.15, 0.2) is 23.5 Å². The Balaban J connectivity index is 1.63. The number of aliphatic hydroxyl groups is 5. The van der Waals surface area contributed by atoms with Crippen LogP contribution in [0, 0.1) is 17.8 Å². The molecule has 10 atom stereocenters. The quantitative estimate of drug-likeness (QED) is 0.153. The molecule has 38 heavy (non-hydrogen) atoms. The second-order valence-electron chi connectivity index (χ2n) is 10.7. The summed E-state index contributed by atoms with van der Waals surface area (Å²) in [7, 11) is 0. The van der Waals surface area contributed by atoms with Crippen LogP contribution in [-0.4, -0.2) is 98.4 Å². The van der Waals surface area contributed by atoms with E-state index in [1.54, 1.807) is 19.9 Å². The number of aliphatic hydroxyl groups excluding tert-OH is 4. The first-order valence-corrected chi connectivity index (χ1v) is 13.0. The number of carbonyl (C=O) groups excluding carboxylic acids is 1. The van der Waals surface area contributed by atoms with E-state index in [1.807, 2.05) is 6.92 Å². The van der Waals surface area contributed by atoms with Crippen molar-refractivity contribution in [3.05, 3.63) is 23.5 Å². The third-order valence-electron chi connectivity index (χ3n) is 7.75. The van der Waals surface area contributed by atoms with Gasteiger partial charge in [-0.3, -0.25) is 0 Å². The molecule has 0 aromatic heterocycles. The van der Waals surface area contributed by atoms with Crippen LogP contribution >= 0.6 is 0 Å². The van der Waals surface area contributed by atoms with Gasteiger partial charge in [-0.25, -0.2) is 9.59 Å². The highest BCUT2D eigenvalue weighted by atomic mass is 16.8. The van der Waals surface area contributed by atoms with Crippen molar-refractivity contribution in [3.63, 3.8) is 0 Å². The maximum Gasteiger partial charge on any atom is 0.334 e. The van der Waals surface area contributed by atoms with Gasteiger partial charge in [-0.1, -0.05) is 13.0 Å². The van der Waals surface area contributed by atoms with E-state index >= 15 is 0 Å². The van der Waals surface area contributed by atoms with Crippen LogP contribution in [0.1, 0.15) is 52.9 Å². The Morgan fingerprint density at radius 2 is 1.89 bits per heavy atom. The van der Waals surface area contributed by atoms with E-state index in [9.17, 15) is 35.1 Å². The highest BCUT2D eigenvalue weighted by Crippen LogP contribution is 2.49. The zero-order valence-electron chi connectivity index (χ0n) is 21.9. The molecule has 12 nitrogen and oxygen atoms in total. The normalized spacial score (nSPS) is 38.1. The number of carboxylic acids is 1. The lowest BCUT2D eigenvalue weighted by Gasteiger charge is -2.44. The summed E-state index contributed by atoms with van der Waals surface area (Å²) in [5, 5.41) is 60.6. The second-order valence-corrected chi connectivity index (χ2v) is 10.7. The Bertz CT molecular complexity index is 899. The first-order valence-electron chi connectivity index (χ1n) is 13.0. The molecule has 3 aliphatic rings. The Morgan fingerprint density at radius 3 is 2.55 bits per heavy atom. The maximum absolute atomic E-state index is 12.4. The number of hydrogen-bond donors (Lipinski definition) is 6. The molecule has 2 fully saturated rings. The Labute approximate surface area is 221 Å². The minimum atomic E-state index is -1.70. The van der Waals surface area contributed by atoms with Gasteiger partial charge < -0.3 is 49.6 Å². The summed E-state index contributed by atoms with van der Waals surface area (Å²) in [6.45, 7) is 4.81. The van der Waals surface area contributed by atoms with Gasteiger partial charge in [-0.05, 0) is 51.9 Å². The van der Waals surface area contributed by atoms with Crippen molar-refractivity contribution >= 4 is 11.9 Å². The zero-order chi connectivity index (χ0) is 28.2. The molecule has 2 aliphatic heterocycles. The van der Waals surface area contributed by atoms with Crippen LogP contribution in [0.4, 0.5) is 0 Å². The fraction of sp³-hybridized carbons (Fsp3) is 0.769. The number of hydrogen-bond acceptors (Lipinski definition) is 11. The van der Waals surface area contributed by atoms with Gasteiger partial charge in [0.2, 0.25) is 6.29 Å². The largest absolute Gasteiger partial charge is 0.478 e. The van der Waals surface area contributed by atoms with Crippen LogP contribution in [0.5, 0.6) is 0 Å². The molecule has 0 aromatic carbocycles. The van der Waals surface area contributed by atoms with Crippen LogP contribution in [0.3, 0.4) is 0 Å². The Morgan fingerprint density at radius 1 is 1.18 bits per heavy atom. The van der Waals surface area contributed by atoms with Crippen LogP contribution < -0.4 is 0 Å². The molecule has 6 N–H and O–H groups in total. The summed E-state index contributed by atoms with van der Waals surface area (Å²) in [6, 6.07) is 0. The maximum atomic E-state index is 12.4. The van der Waals surface area contributed by atoms with Crippen molar-refractivity contribution in [2.24, 2.45) is 17.8 Å². The second kappa shape index (κ2) is 12.9. The van der Waals surface area contributed by atoms with E-state index in [-0.39, 0.29) is 12.2 Å². The van der Waals surface area contributed by atoms with E-state index in [2.05, 4.69) is 0 Å². The first kappa shape index (κ1) is 30.5. The number of aliphatic carboxylic acids is 1. The van der Waals surface area contributed by atoms with Crippen LogP contribution in [0.2, 0.25) is 0 Å². The number of carbonyl (C=O) groups is 2. The average Bonchev–Trinajstić information content (AvgIpc) is 3.18. The van der Waals surface area contributed by atoms with E-state index in [0.29, 0.717) is 37.2 Å². The number of allylic oxidation sites excluding steroid dienone is 1. The SMILES string of the molecule is C/C(=C\CC[C@H](C)CCO)C(=O)OC[C@H]1O[C@@H](O[C@@H]2OC=C(C(=O)O)[C@H]3CC[C@](C)(O)[C@@H]23)[C@H](O)[C@@H](O)[C@@H]1O. The number of ether oxygens (including phenoxy) is 4. The summed E-state index contributed by atoms with van der Waals surface area (Å²) >= 11 is 0. The lowest BCUT2D eigenvalue weighted by atomic mass is 9.81. The van der Waals surface area contributed by atoms with Crippen molar-refractivity contribution in [1.29, 1.82) is 0 Å². The van der Waals surface area contributed by atoms with Gasteiger partial charge in [-0.15, -0.1) is 0 Å². The van der Waals surface area contributed by atoms with Gasteiger partial charge in [-0.2, -0.15) is 0 Å². The average molecular weight is 545 g/mol. The molecule has 0 aromatic rings. The lowest BCUT2D eigenvalue weighted by molar-refractivity contribution is -0.346. The van der Waals surface area contributed by atoms with E-state index < -0.39 is 73.0 Å². The Hall–Kier alpha value is -2.06. The molecular formula is C26H40O12. The number of esters is 1. The first-order chi connectivity index (χ1) is 17.9. The molecule has 0 bridgehead atoms. The summed E-state index contributed by atoms with van der Waals surface area (Å²) < 4.78 is 22.2. The van der Waals surface area contributed by atoms with Gasteiger partial charge in [0.15, 0.2) is 6.29 Å². The zero-order valence-corrected chi connectivity index (χ0v) is 21.9. The highest BCUT2D eigenvalue weighted by molar-refractivity contribution is 5.88. The Kier molecular flexibility index (Phi) is 10.3. The molecule has 216 valence electrons. The molecule has 1 aliphatic carbocycles. The van der Waals surface area contributed by atoms with Crippen molar-refractivity contribution in [2.75, 3.05) is 13.2 Å². The summed E-state index contributed by atoms with van der Waals surface area (Å²) in [5.74, 6) is -2.86. The molecule has 0 unspecified atom stereocenters. The van der Waals surface area contributed by atoms with Crippen molar-refractivity contribution < 1.29 is 59.2 Å². The van der Waals surface area contributed by atoms with Gasteiger partial charge in [0, 0.05) is 18.1 Å². The topological polar surface area (TPSA) is 192 Å². The predicted molar refractivity (Wildman–Crippen MR) is 130 cm³/mol. The monoisotopic (exact) mass is 544 g/mol. The van der Waals surface area contributed by atoms with Crippen molar-refractivity contribution in [1.82, 2.24) is 0 Å². The number of carboxylic acid groups (broad SMARTS) is 1. The lowest BCUT2D eigenvalue weighted by Crippen LogP contribution is -2.61. The van der Waals surface area contributed by atoms with Crippen molar-refractivity contribution in [3.8, 4) is 0 Å². The minimum Gasteiger partial charge on any atom is -0.478 e. The summed E-state index contributed by atoms with van der Waals surface area (Å²) in [4.78, 5) is 24.0. The standard InChI is InChI=1S/C26H40O12/c1-13(8-10-27)5-4-6-14(2)23(33)35-12-17-19(28)20(29)21(30)25(37-17)38-24-18-15(7-9-26(18,3)34)16(11-36-24)22(31)32/h6,11,13,15,17-21,24-25,27-30,34H,4-5,7-10,12H2,1-3H3,(H,31,32)/b14-6+/t13-,15+,17+,18+,19+,20-,21+,24-,25-,26-/m0/s1. The fourth-order valence-electron chi connectivity index (χ4n) is 5.30. The van der Waals surface area contributed by atoms with Gasteiger partial charge in [0.25, 0.3) is 0 Å². The van der Waals surface area contributed by atoms with Crippen molar-refractivity contribution in [2.45, 2.75) is 95.5 Å². The minimum absolute atomic E-state index is 0.00395. The van der Waals surface area contributed by atoms with Gasteiger partial charge in [0.1, 0.15) is 31.0 Å². The molecule has 1 saturated heterocycles. The molecule has 2 heterocycles. The molecule has 12 heteroatoms. The smallest absolute Gasteiger partial charge is 0.334 e. The third kappa shape index (κ3) is 6.92. The van der Waals surface area contributed by atoms with E-state index in [0.717, 1.165) is 12.7 Å². The molecule has 0 radical (unpaired) electrons. The highest BCUT2D eigenvalue weighted by Gasteiger charge is 2.56. The van der Waals surface area contributed by atoms with Crippen LogP contribution in [0.25, 0.3) is 0 Å². The van der Waals surface area contributed by atoms with Crippen LogP contribution in [-0.2, 0) is 28.5 Å². The number of rotatable bonds is 11. The molecule has 1 saturated carbocycles. The van der Waals surface area contributed by atoms with E-state index in [4.69, 9.17) is 24.1 Å². The molecular weight excluding hydrogens is 504 g/mol. The summed E-state index contributed by atoms with van der Waals surface area (Å²) in [6.07, 6.45) is -3.40. The van der Waals surface area contributed by atoms with Gasteiger partial charge in [0.05, 0.1) is 23.4 Å². The fourth-order valence-corrected chi connectivity index (χ4v) is 5.30. The predicted octanol–water partition coefficient (Wildman–Crippen LogP) is 0.201. The number of fused-ring (bicyclic) bond motifs is 1. The van der Waals surface area contributed by atoms with E-state index in [1.165, 1.54) is 0 Å². The third-order valence-corrected chi connectivity index (χ3v) is 7.75. The van der Waals surface area contributed by atoms with Gasteiger partial charge >= 0.3 is 11.9 Å². The molecule has 3 rings (SSSR count). The summed E-state index contributed by atoms with van der Waals surface area (Å²) in [5.41, 5.74) is -0.966. The molecule has 0 amide bonds. The molecule has 0 spiro atoms.